The quantitative estimate of drug-likeness (QED) is 0.522. The van der Waals surface area contributed by atoms with Gasteiger partial charge in [0.25, 0.3) is 0 Å². The van der Waals surface area contributed by atoms with Crippen LogP contribution in [0.15, 0.2) is 0 Å². The van der Waals surface area contributed by atoms with Crippen molar-refractivity contribution >= 4 is 5.91 Å². The molecule has 1 saturated heterocycles. The third-order valence-electron chi connectivity index (χ3n) is 2.92. The number of hydrogen-bond donors (Lipinski definition) is 3. The minimum atomic E-state index is -0.462. The van der Waals surface area contributed by atoms with Crippen molar-refractivity contribution in [3.8, 4) is 0 Å². The Bertz CT molecular complexity index is 210. The number of likely N-dealkylation sites (tertiary alicyclic amines) is 1. The summed E-state index contributed by atoms with van der Waals surface area (Å²) in [5.74, 6) is -0.524. The van der Waals surface area contributed by atoms with Crippen molar-refractivity contribution in [2.45, 2.75) is 25.5 Å². The van der Waals surface area contributed by atoms with Crippen molar-refractivity contribution < 1.29 is 15.0 Å². The van der Waals surface area contributed by atoms with Crippen molar-refractivity contribution in [3.63, 3.8) is 0 Å². The van der Waals surface area contributed by atoms with Crippen molar-refractivity contribution in [1.82, 2.24) is 4.90 Å². The third kappa shape index (κ3) is 2.43. The summed E-state index contributed by atoms with van der Waals surface area (Å²) in [6.45, 7) is 2.88. The predicted octanol–water partition coefficient (Wildman–Crippen LogP) is -1.46. The lowest BCUT2D eigenvalue weighted by atomic mass is 9.94. The molecule has 5 nitrogen and oxygen atoms in total. The molecule has 5 heteroatoms. The van der Waals surface area contributed by atoms with Crippen LogP contribution in [-0.4, -0.2) is 52.9 Å². The molecule has 0 aromatic rings. The molecule has 1 fully saturated rings. The molecule has 0 spiro atoms. The number of carbonyl (C=O) groups excluding carboxylic acids is 1. The van der Waals surface area contributed by atoms with E-state index in [-0.39, 0.29) is 24.5 Å². The maximum atomic E-state index is 10.9. The Morgan fingerprint density at radius 3 is 2.86 bits per heavy atom. The van der Waals surface area contributed by atoms with E-state index in [1.807, 2.05) is 4.90 Å². The van der Waals surface area contributed by atoms with E-state index < -0.39 is 6.10 Å². The van der Waals surface area contributed by atoms with Gasteiger partial charge in [-0.2, -0.15) is 0 Å². The normalized spacial score (nSPS) is 31.4. The number of nitrogens with zero attached hydrogens (tertiary/aromatic N) is 1. The lowest BCUT2D eigenvalue weighted by Gasteiger charge is -2.37. The van der Waals surface area contributed by atoms with E-state index in [0.717, 1.165) is 0 Å². The summed E-state index contributed by atoms with van der Waals surface area (Å²) < 4.78 is 0. The number of aliphatic hydroxyl groups is 2. The van der Waals surface area contributed by atoms with Crippen LogP contribution in [0.4, 0.5) is 0 Å². The van der Waals surface area contributed by atoms with Crippen LogP contribution in [-0.2, 0) is 4.79 Å². The Morgan fingerprint density at radius 2 is 2.36 bits per heavy atom. The molecule has 14 heavy (non-hydrogen) atoms. The molecule has 1 amide bonds. The second-order valence-electron chi connectivity index (χ2n) is 3.87. The van der Waals surface area contributed by atoms with Crippen LogP contribution in [0.25, 0.3) is 0 Å². The first-order valence-corrected chi connectivity index (χ1v) is 4.88. The number of rotatable bonds is 3. The molecule has 1 heterocycles. The zero-order valence-electron chi connectivity index (χ0n) is 8.39. The average molecular weight is 202 g/mol. The topological polar surface area (TPSA) is 86.8 Å². The van der Waals surface area contributed by atoms with E-state index >= 15 is 0 Å². The highest BCUT2D eigenvalue weighted by molar-refractivity contribution is 5.79. The van der Waals surface area contributed by atoms with Crippen molar-refractivity contribution in [1.29, 1.82) is 0 Å². The van der Waals surface area contributed by atoms with Crippen LogP contribution in [0.1, 0.15) is 13.3 Å². The number of aliphatic hydroxyl groups excluding tert-OH is 2. The predicted molar refractivity (Wildman–Crippen MR) is 51.4 cm³/mol. The van der Waals surface area contributed by atoms with E-state index in [9.17, 15) is 9.90 Å². The van der Waals surface area contributed by atoms with Gasteiger partial charge in [0.1, 0.15) is 0 Å². The molecule has 1 rings (SSSR count). The van der Waals surface area contributed by atoms with Crippen molar-refractivity contribution in [2.75, 3.05) is 19.7 Å². The fourth-order valence-electron chi connectivity index (χ4n) is 1.76. The summed E-state index contributed by atoms with van der Waals surface area (Å²) in [6.07, 6.45) is 0.124. The van der Waals surface area contributed by atoms with Gasteiger partial charge in [-0.05, 0) is 13.3 Å². The van der Waals surface area contributed by atoms with Crippen molar-refractivity contribution in [2.24, 2.45) is 11.7 Å². The fourth-order valence-corrected chi connectivity index (χ4v) is 1.76. The van der Waals surface area contributed by atoms with Gasteiger partial charge in [-0.1, -0.05) is 0 Å². The standard InChI is InChI=1S/C9H18N2O3/c1-6(9(10)14)11-3-2-8(13)7(4-11)5-12/h6-8,12-13H,2-5H2,1H3,(H2,10,14). The Balaban J connectivity index is 2.54. The Labute approximate surface area is 83.5 Å². The fraction of sp³-hybridized carbons (Fsp3) is 0.889. The summed E-state index contributed by atoms with van der Waals surface area (Å²) in [4.78, 5) is 12.8. The molecule has 0 radical (unpaired) electrons. The highest BCUT2D eigenvalue weighted by atomic mass is 16.3. The summed E-state index contributed by atoms with van der Waals surface area (Å²) >= 11 is 0. The van der Waals surface area contributed by atoms with E-state index in [1.165, 1.54) is 0 Å². The Hall–Kier alpha value is -0.650. The Kier molecular flexibility index (Phi) is 3.86. The van der Waals surface area contributed by atoms with Crippen molar-refractivity contribution in [3.05, 3.63) is 0 Å². The molecule has 1 aliphatic rings. The first-order valence-electron chi connectivity index (χ1n) is 4.88. The van der Waals surface area contributed by atoms with Crippen LogP contribution in [0.5, 0.6) is 0 Å². The zero-order chi connectivity index (χ0) is 10.7. The largest absolute Gasteiger partial charge is 0.396 e. The Morgan fingerprint density at radius 1 is 1.71 bits per heavy atom. The molecule has 1 aliphatic heterocycles. The molecule has 82 valence electrons. The molecule has 0 bridgehead atoms. The number of amides is 1. The second-order valence-corrected chi connectivity index (χ2v) is 3.87. The summed E-state index contributed by atoms with van der Waals surface area (Å²) in [5.41, 5.74) is 5.18. The van der Waals surface area contributed by atoms with E-state index in [4.69, 9.17) is 10.8 Å². The average Bonchev–Trinajstić information content (AvgIpc) is 2.17. The maximum Gasteiger partial charge on any atom is 0.234 e. The van der Waals surface area contributed by atoms with Gasteiger partial charge in [0, 0.05) is 25.6 Å². The lowest BCUT2D eigenvalue weighted by Crippen LogP contribution is -2.51. The smallest absolute Gasteiger partial charge is 0.234 e. The lowest BCUT2D eigenvalue weighted by molar-refractivity contribution is -0.124. The summed E-state index contributed by atoms with van der Waals surface area (Å²) in [7, 11) is 0. The number of piperidine rings is 1. The van der Waals surface area contributed by atoms with Gasteiger partial charge >= 0.3 is 0 Å². The monoisotopic (exact) mass is 202 g/mol. The third-order valence-corrected chi connectivity index (χ3v) is 2.92. The van der Waals surface area contributed by atoms with Gasteiger partial charge in [-0.25, -0.2) is 0 Å². The molecule has 0 saturated carbocycles. The molecule has 3 unspecified atom stereocenters. The SMILES string of the molecule is CC(C(N)=O)N1CCC(O)C(CO)C1. The van der Waals surface area contributed by atoms with E-state index in [0.29, 0.717) is 19.5 Å². The van der Waals surface area contributed by atoms with Crippen LogP contribution in [0.3, 0.4) is 0 Å². The summed E-state index contributed by atoms with van der Waals surface area (Å²) in [5, 5.41) is 18.5. The summed E-state index contributed by atoms with van der Waals surface area (Å²) in [6, 6.07) is -0.323. The molecule has 0 aliphatic carbocycles. The molecular weight excluding hydrogens is 184 g/mol. The molecule has 3 atom stereocenters. The maximum absolute atomic E-state index is 10.9. The minimum Gasteiger partial charge on any atom is -0.396 e. The highest BCUT2D eigenvalue weighted by Gasteiger charge is 2.30. The number of carbonyl (C=O) groups is 1. The van der Waals surface area contributed by atoms with Crippen LogP contribution < -0.4 is 5.73 Å². The van der Waals surface area contributed by atoms with Gasteiger partial charge in [-0.15, -0.1) is 0 Å². The molecule has 4 N–H and O–H groups in total. The van der Waals surface area contributed by atoms with Crippen LogP contribution >= 0.6 is 0 Å². The number of nitrogens with two attached hydrogens (primary N) is 1. The highest BCUT2D eigenvalue weighted by Crippen LogP contribution is 2.18. The van der Waals surface area contributed by atoms with Crippen LogP contribution in [0.2, 0.25) is 0 Å². The van der Waals surface area contributed by atoms with Crippen LogP contribution in [0, 0.1) is 5.92 Å². The van der Waals surface area contributed by atoms with E-state index in [2.05, 4.69) is 0 Å². The zero-order valence-corrected chi connectivity index (χ0v) is 8.39. The first-order chi connectivity index (χ1) is 6.56. The first kappa shape index (κ1) is 11.4. The van der Waals surface area contributed by atoms with Gasteiger partial charge in [0.15, 0.2) is 0 Å². The molecular formula is C9H18N2O3. The van der Waals surface area contributed by atoms with E-state index in [1.54, 1.807) is 6.92 Å². The number of primary amides is 1. The molecule has 0 aromatic carbocycles. The second kappa shape index (κ2) is 4.72. The number of hydrogen-bond acceptors (Lipinski definition) is 4. The van der Waals surface area contributed by atoms with Gasteiger partial charge in [0.2, 0.25) is 5.91 Å². The van der Waals surface area contributed by atoms with Gasteiger partial charge < -0.3 is 15.9 Å². The van der Waals surface area contributed by atoms with Gasteiger partial charge in [0.05, 0.1) is 12.1 Å². The van der Waals surface area contributed by atoms with Gasteiger partial charge in [-0.3, -0.25) is 9.69 Å². The minimum absolute atomic E-state index is 0.0524. The molecule has 0 aromatic heterocycles.